The van der Waals surface area contributed by atoms with Crippen LogP contribution >= 0.6 is 0 Å². The van der Waals surface area contributed by atoms with E-state index in [2.05, 4.69) is 41.3 Å². The summed E-state index contributed by atoms with van der Waals surface area (Å²) in [4.78, 5) is 5.82. The SMILES string of the molecule is CCN(CC(C)C)C(CN[SiH3])(NC)NC. The Labute approximate surface area is 97.7 Å². The van der Waals surface area contributed by atoms with E-state index >= 15 is 0 Å². The van der Waals surface area contributed by atoms with Crippen molar-refractivity contribution in [1.29, 1.82) is 0 Å². The summed E-state index contributed by atoms with van der Waals surface area (Å²) in [6, 6.07) is 0. The fraction of sp³-hybridized carbons (Fsp3) is 1.00. The monoisotopic (exact) mass is 232 g/mol. The highest BCUT2D eigenvalue weighted by atomic mass is 28.2. The number of hydrogen-bond acceptors (Lipinski definition) is 4. The second kappa shape index (κ2) is 7.35. The zero-order valence-corrected chi connectivity index (χ0v) is 13.1. The maximum absolute atomic E-state index is 3.40. The van der Waals surface area contributed by atoms with Crippen LogP contribution in [0.15, 0.2) is 0 Å². The van der Waals surface area contributed by atoms with Crippen molar-refractivity contribution in [2.24, 2.45) is 5.92 Å². The molecule has 0 radical (unpaired) electrons. The molecule has 0 aromatic carbocycles. The Balaban J connectivity index is 4.66. The van der Waals surface area contributed by atoms with E-state index in [0.717, 1.165) is 30.0 Å². The van der Waals surface area contributed by atoms with Gasteiger partial charge in [-0.2, -0.15) is 0 Å². The summed E-state index contributed by atoms with van der Waals surface area (Å²) in [7, 11) is 5.04. The molecule has 0 aromatic rings. The van der Waals surface area contributed by atoms with Crippen LogP contribution in [0.3, 0.4) is 0 Å². The van der Waals surface area contributed by atoms with Crippen LogP contribution in [-0.2, 0) is 0 Å². The highest BCUT2D eigenvalue weighted by Crippen LogP contribution is 2.09. The topological polar surface area (TPSA) is 39.3 Å². The maximum Gasteiger partial charge on any atom is 0.137 e. The number of nitrogens with zero attached hydrogens (tertiary/aromatic N) is 1. The molecule has 0 fully saturated rings. The van der Waals surface area contributed by atoms with Crippen molar-refractivity contribution >= 4 is 10.4 Å². The van der Waals surface area contributed by atoms with Crippen molar-refractivity contribution in [1.82, 2.24) is 20.5 Å². The third-order valence-electron chi connectivity index (χ3n) is 2.77. The molecule has 0 aliphatic carbocycles. The number of rotatable bonds is 8. The van der Waals surface area contributed by atoms with Crippen molar-refractivity contribution in [3.8, 4) is 0 Å². The molecule has 4 nitrogen and oxygen atoms in total. The third kappa shape index (κ3) is 4.20. The summed E-state index contributed by atoms with van der Waals surface area (Å²) in [5, 5.41) is 6.79. The Morgan fingerprint density at radius 1 is 1.27 bits per heavy atom. The fourth-order valence-electron chi connectivity index (χ4n) is 1.98. The average molecular weight is 232 g/mol. The zero-order valence-electron chi connectivity index (χ0n) is 11.1. The van der Waals surface area contributed by atoms with Crippen LogP contribution in [-0.4, -0.2) is 54.8 Å². The fourth-order valence-corrected chi connectivity index (χ4v) is 2.49. The molecule has 0 atom stereocenters. The van der Waals surface area contributed by atoms with Gasteiger partial charge in [0, 0.05) is 13.1 Å². The molecule has 0 aliphatic rings. The average Bonchev–Trinajstić information content (AvgIpc) is 2.23. The lowest BCUT2D eigenvalue weighted by atomic mass is 10.1. The summed E-state index contributed by atoms with van der Waals surface area (Å²) in [6.45, 7) is 9.80. The zero-order chi connectivity index (χ0) is 11.9. The highest BCUT2D eigenvalue weighted by molar-refractivity contribution is 6.04. The minimum atomic E-state index is -0.110. The summed E-state index contributed by atoms with van der Waals surface area (Å²) in [6.07, 6.45) is 0. The van der Waals surface area contributed by atoms with E-state index < -0.39 is 0 Å². The quantitative estimate of drug-likeness (QED) is 0.368. The van der Waals surface area contributed by atoms with Crippen molar-refractivity contribution in [3.05, 3.63) is 0 Å². The Morgan fingerprint density at radius 3 is 2.07 bits per heavy atom. The van der Waals surface area contributed by atoms with Crippen LogP contribution in [0.1, 0.15) is 20.8 Å². The molecular formula is C10H28N4Si. The van der Waals surface area contributed by atoms with E-state index in [0.29, 0.717) is 5.92 Å². The third-order valence-corrected chi connectivity index (χ3v) is 3.12. The lowest BCUT2D eigenvalue weighted by molar-refractivity contribution is 0.0346. The summed E-state index contributed by atoms with van der Waals surface area (Å²) in [5.41, 5.74) is 0. The van der Waals surface area contributed by atoms with E-state index in [9.17, 15) is 0 Å². The molecular weight excluding hydrogens is 204 g/mol. The van der Waals surface area contributed by atoms with Crippen molar-refractivity contribution in [3.63, 3.8) is 0 Å². The largest absolute Gasteiger partial charge is 0.341 e. The number of likely N-dealkylation sites (N-methyl/N-ethyl adjacent to an activating group) is 3. The number of hydrogen-bond donors (Lipinski definition) is 3. The van der Waals surface area contributed by atoms with Crippen LogP contribution in [0.2, 0.25) is 0 Å². The van der Waals surface area contributed by atoms with Gasteiger partial charge in [-0.15, -0.1) is 0 Å². The molecule has 5 heteroatoms. The second-order valence-electron chi connectivity index (χ2n) is 4.32. The molecule has 0 amide bonds. The molecule has 0 aliphatic heterocycles. The molecule has 92 valence electrons. The van der Waals surface area contributed by atoms with Crippen LogP contribution in [0.4, 0.5) is 0 Å². The van der Waals surface area contributed by atoms with Crippen LogP contribution in [0.5, 0.6) is 0 Å². The predicted octanol–water partition coefficient (Wildman–Crippen LogP) is -1.07. The minimum Gasteiger partial charge on any atom is -0.341 e. The Bertz CT molecular complexity index is 160. The van der Waals surface area contributed by atoms with Gasteiger partial charge in [-0.3, -0.25) is 15.5 Å². The smallest absolute Gasteiger partial charge is 0.137 e. The maximum atomic E-state index is 3.40. The molecule has 0 aromatic heterocycles. The standard InChI is InChI=1S/C10H28N4Si/c1-6-14(7-9(2)3)10(11-4,12-5)8-13-15/h9,11-13H,6-8H2,1-5,15H3. The van der Waals surface area contributed by atoms with Gasteiger partial charge >= 0.3 is 0 Å². The lowest BCUT2D eigenvalue weighted by Crippen LogP contribution is -2.70. The van der Waals surface area contributed by atoms with E-state index in [4.69, 9.17) is 0 Å². The molecule has 0 bridgehead atoms. The van der Waals surface area contributed by atoms with Gasteiger partial charge in [0.05, 0.1) is 10.4 Å². The molecule has 15 heavy (non-hydrogen) atoms. The summed E-state index contributed by atoms with van der Waals surface area (Å²) < 4.78 is 0. The van der Waals surface area contributed by atoms with E-state index in [-0.39, 0.29) is 5.79 Å². The second-order valence-corrected chi connectivity index (χ2v) is 5.03. The Hall–Kier alpha value is 0.0569. The van der Waals surface area contributed by atoms with Gasteiger partial charge in [-0.05, 0) is 26.6 Å². The Kier molecular flexibility index (Phi) is 7.38. The first-order chi connectivity index (χ1) is 7.06. The van der Waals surface area contributed by atoms with Crippen LogP contribution in [0, 0.1) is 5.92 Å². The predicted molar refractivity (Wildman–Crippen MR) is 70.9 cm³/mol. The van der Waals surface area contributed by atoms with Gasteiger partial charge in [-0.25, -0.2) is 0 Å². The molecule has 0 unspecified atom stereocenters. The highest BCUT2D eigenvalue weighted by Gasteiger charge is 2.31. The van der Waals surface area contributed by atoms with Gasteiger partial charge in [0.15, 0.2) is 0 Å². The lowest BCUT2D eigenvalue weighted by Gasteiger charge is -2.44. The van der Waals surface area contributed by atoms with Crippen molar-refractivity contribution in [2.45, 2.75) is 26.6 Å². The van der Waals surface area contributed by atoms with E-state index in [1.54, 1.807) is 0 Å². The van der Waals surface area contributed by atoms with Gasteiger partial charge in [0.1, 0.15) is 5.79 Å². The number of nitrogens with one attached hydrogen (secondary N) is 3. The molecule has 0 heterocycles. The van der Waals surface area contributed by atoms with E-state index in [1.165, 1.54) is 0 Å². The molecule has 0 saturated carbocycles. The molecule has 3 N–H and O–H groups in total. The summed E-state index contributed by atoms with van der Waals surface area (Å²) in [5.74, 6) is 0.570. The van der Waals surface area contributed by atoms with Gasteiger partial charge < -0.3 is 4.98 Å². The van der Waals surface area contributed by atoms with E-state index in [1.807, 2.05) is 14.1 Å². The van der Waals surface area contributed by atoms with Crippen molar-refractivity contribution < 1.29 is 0 Å². The first-order valence-electron chi connectivity index (χ1n) is 5.83. The first kappa shape index (κ1) is 15.1. The van der Waals surface area contributed by atoms with Gasteiger partial charge in [-0.1, -0.05) is 20.8 Å². The molecule has 0 saturated heterocycles. The Morgan fingerprint density at radius 2 is 1.80 bits per heavy atom. The first-order valence-corrected chi connectivity index (χ1v) is 6.83. The normalized spacial score (nSPS) is 13.0. The van der Waals surface area contributed by atoms with Crippen molar-refractivity contribution in [2.75, 3.05) is 33.7 Å². The van der Waals surface area contributed by atoms with Crippen LogP contribution in [0.25, 0.3) is 0 Å². The van der Waals surface area contributed by atoms with Gasteiger partial charge in [0.2, 0.25) is 0 Å². The molecule has 0 rings (SSSR count). The minimum absolute atomic E-state index is 0.110. The van der Waals surface area contributed by atoms with Gasteiger partial charge in [0.25, 0.3) is 0 Å². The van der Waals surface area contributed by atoms with Crippen LogP contribution < -0.4 is 15.6 Å². The summed E-state index contributed by atoms with van der Waals surface area (Å²) >= 11 is 0. The molecule has 0 spiro atoms.